The number of amides is 1. The standard InChI is InChI=1S/C19H29N3O4/c1-12(2)15-7-6-14(18(25)20-15)19(26)22-10-9-16(21(3)4)13(11-22)5-8-17(23)24/h6-7,12-13,16H,5,8-11H2,1-4H3,(H,20,25)(H,23,24)/t13-,16+/m1/s1. The van der Waals surface area contributed by atoms with Crippen molar-refractivity contribution in [3.05, 3.63) is 33.7 Å². The molecule has 2 N–H and O–H groups in total. The Kier molecular flexibility index (Phi) is 6.58. The van der Waals surface area contributed by atoms with E-state index < -0.39 is 5.97 Å². The Bertz CT molecular complexity index is 711. The van der Waals surface area contributed by atoms with E-state index in [1.807, 2.05) is 27.9 Å². The number of aromatic amines is 1. The number of nitrogens with one attached hydrogen (secondary N) is 1. The van der Waals surface area contributed by atoms with Crippen molar-refractivity contribution in [2.75, 3.05) is 27.2 Å². The molecule has 7 nitrogen and oxygen atoms in total. The van der Waals surface area contributed by atoms with Crippen molar-refractivity contribution in [1.29, 1.82) is 0 Å². The molecule has 2 heterocycles. The molecule has 1 aliphatic rings. The summed E-state index contributed by atoms with van der Waals surface area (Å²) < 4.78 is 0. The molecule has 2 atom stereocenters. The number of carbonyl (C=O) groups is 2. The molecule has 1 amide bonds. The van der Waals surface area contributed by atoms with Gasteiger partial charge < -0.3 is 19.9 Å². The second kappa shape index (κ2) is 8.49. The topological polar surface area (TPSA) is 93.7 Å². The highest BCUT2D eigenvalue weighted by Crippen LogP contribution is 2.25. The van der Waals surface area contributed by atoms with Gasteiger partial charge in [0, 0.05) is 31.2 Å². The van der Waals surface area contributed by atoms with Crippen molar-refractivity contribution in [1.82, 2.24) is 14.8 Å². The van der Waals surface area contributed by atoms with Gasteiger partial charge in [-0.2, -0.15) is 0 Å². The highest BCUT2D eigenvalue weighted by Gasteiger charge is 2.33. The molecular formula is C19H29N3O4. The summed E-state index contributed by atoms with van der Waals surface area (Å²) in [4.78, 5) is 42.7. The van der Waals surface area contributed by atoms with Gasteiger partial charge in [0.2, 0.25) is 0 Å². The smallest absolute Gasteiger partial charge is 0.303 e. The lowest BCUT2D eigenvalue weighted by Gasteiger charge is -2.41. The number of H-pyrrole nitrogens is 1. The third-order valence-corrected chi connectivity index (χ3v) is 5.16. The fraction of sp³-hybridized carbons (Fsp3) is 0.632. The molecule has 0 bridgehead atoms. The lowest BCUT2D eigenvalue weighted by Crippen LogP contribution is -2.51. The molecule has 1 fully saturated rings. The molecule has 1 aromatic heterocycles. The van der Waals surface area contributed by atoms with Gasteiger partial charge in [0.15, 0.2) is 0 Å². The van der Waals surface area contributed by atoms with Crippen LogP contribution in [0.4, 0.5) is 0 Å². The average molecular weight is 363 g/mol. The van der Waals surface area contributed by atoms with Crippen LogP contribution in [-0.2, 0) is 4.79 Å². The molecule has 0 spiro atoms. The number of hydrogen-bond donors (Lipinski definition) is 2. The quantitative estimate of drug-likeness (QED) is 0.803. The third-order valence-electron chi connectivity index (χ3n) is 5.16. The fourth-order valence-electron chi connectivity index (χ4n) is 3.64. The van der Waals surface area contributed by atoms with Crippen LogP contribution >= 0.6 is 0 Å². The molecule has 1 aromatic rings. The Morgan fingerprint density at radius 2 is 2.04 bits per heavy atom. The van der Waals surface area contributed by atoms with Crippen LogP contribution in [-0.4, -0.2) is 65.0 Å². The average Bonchev–Trinajstić information content (AvgIpc) is 2.58. The number of hydrogen-bond acceptors (Lipinski definition) is 4. The number of rotatable bonds is 6. The van der Waals surface area contributed by atoms with Crippen LogP contribution in [0.1, 0.15) is 55.1 Å². The fourth-order valence-corrected chi connectivity index (χ4v) is 3.64. The van der Waals surface area contributed by atoms with Gasteiger partial charge in [0.25, 0.3) is 11.5 Å². The van der Waals surface area contributed by atoms with Gasteiger partial charge in [-0.15, -0.1) is 0 Å². The van der Waals surface area contributed by atoms with Gasteiger partial charge in [-0.25, -0.2) is 0 Å². The van der Waals surface area contributed by atoms with E-state index in [-0.39, 0.29) is 41.3 Å². The largest absolute Gasteiger partial charge is 0.481 e. The van der Waals surface area contributed by atoms with Crippen molar-refractivity contribution in [3.8, 4) is 0 Å². The molecule has 7 heteroatoms. The van der Waals surface area contributed by atoms with Gasteiger partial charge in [-0.05, 0) is 50.9 Å². The van der Waals surface area contributed by atoms with Gasteiger partial charge in [0.1, 0.15) is 5.56 Å². The van der Waals surface area contributed by atoms with Crippen LogP contribution < -0.4 is 5.56 Å². The summed E-state index contributed by atoms with van der Waals surface area (Å²) in [7, 11) is 3.95. The van der Waals surface area contributed by atoms with Crippen molar-refractivity contribution >= 4 is 11.9 Å². The van der Waals surface area contributed by atoms with E-state index >= 15 is 0 Å². The minimum atomic E-state index is -0.827. The van der Waals surface area contributed by atoms with Crippen LogP contribution in [0.5, 0.6) is 0 Å². The Morgan fingerprint density at radius 1 is 1.35 bits per heavy atom. The first-order valence-corrected chi connectivity index (χ1v) is 9.11. The number of piperidine rings is 1. The lowest BCUT2D eigenvalue weighted by atomic mass is 9.87. The molecular weight excluding hydrogens is 334 g/mol. The van der Waals surface area contributed by atoms with Crippen molar-refractivity contribution < 1.29 is 14.7 Å². The Hall–Kier alpha value is -2.15. The molecule has 0 radical (unpaired) electrons. The van der Waals surface area contributed by atoms with Crippen LogP contribution in [0.15, 0.2) is 16.9 Å². The summed E-state index contributed by atoms with van der Waals surface area (Å²) in [5.41, 5.74) is 0.588. The maximum Gasteiger partial charge on any atom is 0.303 e. The summed E-state index contributed by atoms with van der Waals surface area (Å²) in [6, 6.07) is 3.62. The second-order valence-corrected chi connectivity index (χ2v) is 7.57. The number of likely N-dealkylation sites (tertiary alicyclic amines) is 1. The minimum absolute atomic E-state index is 0.0767. The molecule has 1 aliphatic heterocycles. The normalized spacial score (nSPS) is 20.6. The van der Waals surface area contributed by atoms with Gasteiger partial charge in [-0.1, -0.05) is 13.8 Å². The Morgan fingerprint density at radius 3 is 2.58 bits per heavy atom. The predicted molar refractivity (Wildman–Crippen MR) is 99.5 cm³/mol. The summed E-state index contributed by atoms with van der Waals surface area (Å²) in [6.07, 6.45) is 1.37. The summed E-state index contributed by atoms with van der Waals surface area (Å²) >= 11 is 0. The number of carboxylic acid groups (broad SMARTS) is 1. The molecule has 0 saturated carbocycles. The highest BCUT2D eigenvalue weighted by molar-refractivity contribution is 5.94. The molecule has 0 unspecified atom stereocenters. The van der Waals surface area contributed by atoms with Gasteiger partial charge >= 0.3 is 5.97 Å². The predicted octanol–water partition coefficient (Wildman–Crippen LogP) is 1.76. The van der Waals surface area contributed by atoms with Crippen LogP contribution in [0.2, 0.25) is 0 Å². The van der Waals surface area contributed by atoms with Crippen molar-refractivity contribution in [2.45, 2.75) is 45.1 Å². The zero-order chi connectivity index (χ0) is 19.4. The van der Waals surface area contributed by atoms with E-state index in [2.05, 4.69) is 9.88 Å². The van der Waals surface area contributed by atoms with Crippen molar-refractivity contribution in [2.24, 2.45) is 5.92 Å². The van der Waals surface area contributed by atoms with E-state index in [9.17, 15) is 14.4 Å². The highest BCUT2D eigenvalue weighted by atomic mass is 16.4. The molecule has 0 aliphatic carbocycles. The molecule has 26 heavy (non-hydrogen) atoms. The van der Waals surface area contributed by atoms with Crippen molar-refractivity contribution in [3.63, 3.8) is 0 Å². The summed E-state index contributed by atoms with van der Waals surface area (Å²) in [6.45, 7) is 4.99. The van der Waals surface area contributed by atoms with Crippen LogP contribution in [0, 0.1) is 5.92 Å². The van der Waals surface area contributed by atoms with E-state index in [0.717, 1.165) is 12.1 Å². The molecule has 2 rings (SSSR count). The van der Waals surface area contributed by atoms with Crippen LogP contribution in [0.25, 0.3) is 0 Å². The number of pyridine rings is 1. The van der Waals surface area contributed by atoms with Gasteiger partial charge in [-0.3, -0.25) is 14.4 Å². The summed E-state index contributed by atoms with van der Waals surface area (Å²) in [5.74, 6) is -0.846. The number of carboxylic acids is 1. The lowest BCUT2D eigenvalue weighted by molar-refractivity contribution is -0.137. The molecule has 1 saturated heterocycles. The van der Waals surface area contributed by atoms with E-state index in [4.69, 9.17) is 5.11 Å². The number of nitrogens with zero attached hydrogens (tertiary/aromatic N) is 2. The molecule has 144 valence electrons. The Balaban J connectivity index is 2.16. The van der Waals surface area contributed by atoms with Crippen LogP contribution in [0.3, 0.4) is 0 Å². The van der Waals surface area contributed by atoms with Gasteiger partial charge in [0.05, 0.1) is 0 Å². The monoisotopic (exact) mass is 363 g/mol. The third kappa shape index (κ3) is 4.72. The maximum atomic E-state index is 12.8. The summed E-state index contributed by atoms with van der Waals surface area (Å²) in [5, 5.41) is 8.99. The maximum absolute atomic E-state index is 12.8. The first-order valence-electron chi connectivity index (χ1n) is 9.11. The Labute approximate surface area is 154 Å². The molecule has 0 aromatic carbocycles. The number of aromatic nitrogens is 1. The SMILES string of the molecule is CC(C)c1ccc(C(=O)N2CC[C@H](N(C)C)[C@H](CCC(=O)O)C2)c(=O)[nH]1. The second-order valence-electron chi connectivity index (χ2n) is 7.57. The van der Waals surface area contributed by atoms with E-state index in [0.29, 0.717) is 19.5 Å². The van der Waals surface area contributed by atoms with E-state index in [1.165, 1.54) is 0 Å². The number of carbonyl (C=O) groups excluding carboxylic acids is 1. The zero-order valence-electron chi connectivity index (χ0n) is 16.0. The minimum Gasteiger partial charge on any atom is -0.481 e. The first-order chi connectivity index (χ1) is 12.2. The zero-order valence-corrected chi connectivity index (χ0v) is 16.0. The number of aliphatic carboxylic acids is 1. The first kappa shape index (κ1) is 20.2. The van der Waals surface area contributed by atoms with E-state index in [1.54, 1.807) is 17.0 Å².